The summed E-state index contributed by atoms with van der Waals surface area (Å²) in [6.45, 7) is 0.907. The summed E-state index contributed by atoms with van der Waals surface area (Å²) in [5.41, 5.74) is 5.02. The van der Waals surface area contributed by atoms with Crippen LogP contribution in [0.3, 0.4) is 0 Å². The number of carboxylic acids is 1. The lowest BCUT2D eigenvalue weighted by Crippen LogP contribution is -2.24. The van der Waals surface area contributed by atoms with Gasteiger partial charge >= 0.3 is 5.97 Å². The molecule has 2 aliphatic heterocycles. The van der Waals surface area contributed by atoms with Crippen molar-refractivity contribution in [3.8, 4) is 0 Å². The van der Waals surface area contributed by atoms with Crippen molar-refractivity contribution in [3.05, 3.63) is 72.4 Å². The van der Waals surface area contributed by atoms with Crippen LogP contribution in [0.4, 0.5) is 11.4 Å². The van der Waals surface area contributed by atoms with Crippen molar-refractivity contribution in [3.63, 3.8) is 0 Å². The van der Waals surface area contributed by atoms with Gasteiger partial charge in [0.2, 0.25) is 0 Å². The number of aliphatic carboxylic acids is 1. The number of carboxylic acid groups (broad SMARTS) is 1. The first kappa shape index (κ1) is 19.6. The largest absolute Gasteiger partial charge is 0.481 e. The second-order valence-electron chi connectivity index (χ2n) is 7.44. The highest BCUT2D eigenvalue weighted by Gasteiger charge is 2.26. The van der Waals surface area contributed by atoms with E-state index in [1.54, 1.807) is 0 Å². The molecule has 1 N–H and O–H groups in total. The van der Waals surface area contributed by atoms with E-state index in [-0.39, 0.29) is 11.8 Å². The van der Waals surface area contributed by atoms with E-state index in [0.717, 1.165) is 25.8 Å². The first-order valence-electron chi connectivity index (χ1n) is 10.1. The van der Waals surface area contributed by atoms with Gasteiger partial charge in [0.15, 0.2) is 0 Å². The zero-order valence-electron chi connectivity index (χ0n) is 16.6. The van der Waals surface area contributed by atoms with Crippen LogP contribution in [0.25, 0.3) is 5.57 Å². The highest BCUT2D eigenvalue weighted by atomic mass is 32.2. The molecule has 1 atom stereocenters. The zero-order valence-corrected chi connectivity index (χ0v) is 17.4. The molecule has 4 rings (SSSR count). The fourth-order valence-corrected chi connectivity index (χ4v) is 5.11. The molecule has 0 amide bonds. The van der Waals surface area contributed by atoms with E-state index < -0.39 is 5.97 Å². The van der Waals surface area contributed by atoms with Gasteiger partial charge in [0, 0.05) is 42.4 Å². The first-order chi connectivity index (χ1) is 14.1. The Morgan fingerprint density at radius 1 is 1.07 bits per heavy atom. The molecule has 150 valence electrons. The summed E-state index contributed by atoms with van der Waals surface area (Å²) in [4.78, 5) is 16.6. The third kappa shape index (κ3) is 4.35. The maximum absolute atomic E-state index is 10.7. The van der Waals surface area contributed by atoms with Gasteiger partial charge in [-0.3, -0.25) is 4.79 Å². The molecular weight excluding hydrogens is 380 g/mol. The molecule has 0 aliphatic carbocycles. The van der Waals surface area contributed by atoms with Crippen molar-refractivity contribution < 1.29 is 9.90 Å². The summed E-state index contributed by atoms with van der Waals surface area (Å²) in [7, 11) is 2.16. The normalized spacial score (nSPS) is 18.8. The van der Waals surface area contributed by atoms with E-state index in [0.29, 0.717) is 0 Å². The average Bonchev–Trinajstić information content (AvgIpc) is 3.04. The van der Waals surface area contributed by atoms with E-state index in [1.807, 2.05) is 11.8 Å². The van der Waals surface area contributed by atoms with Crippen LogP contribution in [0.1, 0.15) is 31.2 Å². The predicted molar refractivity (Wildman–Crippen MR) is 121 cm³/mol. The molecule has 2 aromatic rings. The Bertz CT molecular complexity index is 953. The van der Waals surface area contributed by atoms with E-state index in [9.17, 15) is 4.79 Å². The number of rotatable bonds is 7. The standard InChI is InChI=1S/C24H26N2O2S/c1-25-21-11-6-7-12-22(21)29-23(25)17-18-14-16-26(15-8-2-3-13-24(27)28)20-10-5-4-9-19(18)20/h4-7,9-12,14,16-17,23H,2-3,8,13,15H2,1H3,(H,27,28). The van der Waals surface area contributed by atoms with Gasteiger partial charge in [-0.25, -0.2) is 0 Å². The second-order valence-corrected chi connectivity index (χ2v) is 8.60. The van der Waals surface area contributed by atoms with Crippen molar-refractivity contribution in [2.24, 2.45) is 0 Å². The van der Waals surface area contributed by atoms with Crippen LogP contribution in [0.2, 0.25) is 0 Å². The number of anilines is 2. The average molecular weight is 407 g/mol. The lowest BCUT2D eigenvalue weighted by atomic mass is 9.99. The molecule has 0 radical (unpaired) electrons. The summed E-state index contributed by atoms with van der Waals surface area (Å²) in [6, 6.07) is 17.1. The Balaban J connectivity index is 1.48. The molecule has 0 spiro atoms. The zero-order chi connectivity index (χ0) is 20.2. The van der Waals surface area contributed by atoms with E-state index in [2.05, 4.69) is 83.7 Å². The maximum atomic E-state index is 10.7. The topological polar surface area (TPSA) is 43.8 Å². The van der Waals surface area contributed by atoms with Crippen LogP contribution < -0.4 is 9.80 Å². The molecule has 4 nitrogen and oxygen atoms in total. The summed E-state index contributed by atoms with van der Waals surface area (Å²) in [6.07, 6.45) is 9.64. The molecule has 29 heavy (non-hydrogen) atoms. The van der Waals surface area contributed by atoms with Crippen molar-refractivity contribution in [1.29, 1.82) is 0 Å². The smallest absolute Gasteiger partial charge is 0.303 e. The van der Waals surface area contributed by atoms with Crippen LogP contribution in [-0.2, 0) is 4.79 Å². The number of hydrogen-bond acceptors (Lipinski definition) is 4. The number of benzene rings is 2. The number of fused-ring (bicyclic) bond motifs is 2. The number of likely N-dealkylation sites (N-methyl/N-ethyl adjacent to an activating group) is 1. The fourth-order valence-electron chi connectivity index (χ4n) is 3.88. The van der Waals surface area contributed by atoms with Crippen LogP contribution in [0.15, 0.2) is 71.8 Å². The number of carbonyl (C=O) groups is 1. The number of para-hydroxylation sites is 2. The van der Waals surface area contributed by atoms with Crippen molar-refractivity contribution >= 4 is 34.7 Å². The van der Waals surface area contributed by atoms with E-state index >= 15 is 0 Å². The van der Waals surface area contributed by atoms with Gasteiger partial charge in [0.1, 0.15) is 0 Å². The quantitative estimate of drug-likeness (QED) is 0.605. The van der Waals surface area contributed by atoms with E-state index in [4.69, 9.17) is 5.11 Å². The van der Waals surface area contributed by atoms with Crippen LogP contribution in [-0.4, -0.2) is 30.0 Å². The Hall–Kier alpha value is -2.66. The molecule has 1 unspecified atom stereocenters. The molecule has 0 bridgehead atoms. The molecule has 2 aromatic carbocycles. The molecular formula is C24H26N2O2S. The second kappa shape index (κ2) is 8.78. The highest BCUT2D eigenvalue weighted by Crippen LogP contribution is 2.44. The van der Waals surface area contributed by atoms with Gasteiger partial charge < -0.3 is 14.9 Å². The molecule has 0 fully saturated rings. The Morgan fingerprint density at radius 3 is 2.62 bits per heavy atom. The Morgan fingerprint density at radius 2 is 1.83 bits per heavy atom. The van der Waals surface area contributed by atoms with Crippen LogP contribution in [0.5, 0.6) is 0 Å². The van der Waals surface area contributed by atoms with Crippen molar-refractivity contribution in [1.82, 2.24) is 0 Å². The van der Waals surface area contributed by atoms with Crippen molar-refractivity contribution in [2.45, 2.75) is 36.0 Å². The molecule has 0 saturated heterocycles. The first-order valence-corrected chi connectivity index (χ1v) is 11.0. The Kier molecular flexibility index (Phi) is 5.95. The molecule has 0 saturated carbocycles. The van der Waals surface area contributed by atoms with Gasteiger partial charge in [-0.15, -0.1) is 0 Å². The monoisotopic (exact) mass is 406 g/mol. The van der Waals surface area contributed by atoms with Crippen LogP contribution in [0, 0.1) is 0 Å². The summed E-state index contributed by atoms with van der Waals surface area (Å²) in [5, 5.41) is 9.06. The minimum Gasteiger partial charge on any atom is -0.481 e. The van der Waals surface area contributed by atoms with Gasteiger partial charge in [0.25, 0.3) is 0 Å². The number of unbranched alkanes of at least 4 members (excludes halogenated alkanes) is 2. The predicted octanol–water partition coefficient (Wildman–Crippen LogP) is 5.62. The fraction of sp³-hybridized carbons (Fsp3) is 0.292. The van der Waals surface area contributed by atoms with Gasteiger partial charge in [-0.05, 0) is 48.8 Å². The summed E-state index contributed by atoms with van der Waals surface area (Å²) >= 11 is 1.89. The lowest BCUT2D eigenvalue weighted by Gasteiger charge is -2.28. The van der Waals surface area contributed by atoms with Gasteiger partial charge in [0.05, 0.1) is 11.1 Å². The molecule has 2 heterocycles. The summed E-state index contributed by atoms with van der Waals surface area (Å²) < 4.78 is 0. The Labute approximate surface area is 176 Å². The number of nitrogens with zero attached hydrogens (tertiary/aromatic N) is 2. The minimum absolute atomic E-state index is 0.258. The highest BCUT2D eigenvalue weighted by molar-refractivity contribution is 8.00. The lowest BCUT2D eigenvalue weighted by molar-refractivity contribution is -0.137. The maximum Gasteiger partial charge on any atom is 0.303 e. The third-order valence-corrected chi connectivity index (χ3v) is 6.74. The van der Waals surface area contributed by atoms with Crippen molar-refractivity contribution in [2.75, 3.05) is 23.4 Å². The number of thioether (sulfide) groups is 1. The minimum atomic E-state index is -0.708. The SMILES string of the molecule is CN1c2ccccc2SC1C=C1C=CN(CCCCCC(=O)O)c2ccccc21. The third-order valence-electron chi connectivity index (χ3n) is 5.44. The van der Waals surface area contributed by atoms with Gasteiger partial charge in [-0.1, -0.05) is 48.5 Å². The van der Waals surface area contributed by atoms with Gasteiger partial charge in [-0.2, -0.15) is 0 Å². The van der Waals surface area contributed by atoms with E-state index in [1.165, 1.54) is 27.4 Å². The molecule has 2 aliphatic rings. The molecule has 0 aromatic heterocycles. The number of hydrogen-bond donors (Lipinski definition) is 1. The molecule has 5 heteroatoms. The summed E-state index contributed by atoms with van der Waals surface area (Å²) in [5.74, 6) is -0.708. The number of allylic oxidation sites excluding steroid dienone is 2. The van der Waals surface area contributed by atoms with Crippen LogP contribution >= 0.6 is 11.8 Å².